The Labute approximate surface area is 134 Å². The van der Waals surface area contributed by atoms with Gasteiger partial charge in [-0.2, -0.15) is 0 Å². The molecule has 6 heteroatoms. The van der Waals surface area contributed by atoms with Gasteiger partial charge in [0, 0.05) is 16.9 Å². The summed E-state index contributed by atoms with van der Waals surface area (Å²) in [6, 6.07) is 12.1. The number of carbonyl (C=O) groups excluding carboxylic acids is 2. The highest BCUT2D eigenvalue weighted by molar-refractivity contribution is 6.05. The maximum atomic E-state index is 12.3. The van der Waals surface area contributed by atoms with E-state index in [9.17, 15) is 9.59 Å². The number of nitrogens with two attached hydrogens (primary N) is 1. The maximum absolute atomic E-state index is 12.3. The Bertz CT molecular complexity index is 729. The number of hydrogen-bond donors (Lipinski definition) is 3. The largest absolute Gasteiger partial charge is 0.497 e. The van der Waals surface area contributed by atoms with Gasteiger partial charge in [-0.15, -0.1) is 0 Å². The average molecular weight is 313 g/mol. The van der Waals surface area contributed by atoms with Crippen LogP contribution in [0.15, 0.2) is 42.5 Å². The van der Waals surface area contributed by atoms with Gasteiger partial charge in [0.25, 0.3) is 5.91 Å². The molecule has 0 saturated carbocycles. The topological polar surface area (TPSA) is 93.5 Å². The number of hydrogen-bond acceptors (Lipinski definition) is 4. The van der Waals surface area contributed by atoms with Gasteiger partial charge in [-0.1, -0.05) is 6.07 Å². The van der Waals surface area contributed by atoms with Crippen LogP contribution in [0.5, 0.6) is 5.75 Å². The highest BCUT2D eigenvalue weighted by Crippen LogP contribution is 2.21. The van der Waals surface area contributed by atoms with Crippen molar-refractivity contribution >= 4 is 23.2 Å². The zero-order valence-corrected chi connectivity index (χ0v) is 13.1. The first kappa shape index (κ1) is 16.5. The van der Waals surface area contributed by atoms with E-state index in [1.165, 1.54) is 0 Å². The summed E-state index contributed by atoms with van der Waals surface area (Å²) in [5, 5.41) is 5.51. The van der Waals surface area contributed by atoms with Crippen LogP contribution in [0.25, 0.3) is 0 Å². The van der Waals surface area contributed by atoms with Crippen molar-refractivity contribution in [3.63, 3.8) is 0 Å². The maximum Gasteiger partial charge on any atom is 0.255 e. The quantitative estimate of drug-likeness (QED) is 0.788. The molecular formula is C17H19N3O3. The zero-order valence-electron chi connectivity index (χ0n) is 13.1. The fraction of sp³-hybridized carbons (Fsp3) is 0.176. The lowest BCUT2D eigenvalue weighted by Crippen LogP contribution is -2.21. The molecule has 0 aliphatic carbocycles. The molecule has 2 aromatic carbocycles. The van der Waals surface area contributed by atoms with Crippen molar-refractivity contribution < 1.29 is 14.3 Å². The van der Waals surface area contributed by atoms with Crippen LogP contribution in [-0.4, -0.2) is 25.5 Å². The third-order valence-electron chi connectivity index (χ3n) is 3.28. The van der Waals surface area contributed by atoms with Gasteiger partial charge in [0.2, 0.25) is 5.91 Å². The third-order valence-corrected chi connectivity index (χ3v) is 3.28. The summed E-state index contributed by atoms with van der Waals surface area (Å²) in [5.74, 6) is 0.123. The average Bonchev–Trinajstić information content (AvgIpc) is 2.57. The van der Waals surface area contributed by atoms with Crippen molar-refractivity contribution in [1.29, 1.82) is 0 Å². The Morgan fingerprint density at radius 2 is 1.91 bits per heavy atom. The number of nitrogens with one attached hydrogen (secondary N) is 2. The number of rotatable bonds is 5. The predicted octanol–water partition coefficient (Wildman–Crippen LogP) is 2.15. The summed E-state index contributed by atoms with van der Waals surface area (Å²) in [4.78, 5) is 23.6. The van der Waals surface area contributed by atoms with Gasteiger partial charge >= 0.3 is 0 Å². The summed E-state index contributed by atoms with van der Waals surface area (Å²) in [6.07, 6.45) is 0. The molecule has 2 rings (SSSR count). The molecule has 6 nitrogen and oxygen atoms in total. The molecule has 120 valence electrons. The standard InChI is InChI=1S/C17H19N3O3/c1-11-8-13(19-16(21)10-18)6-7-15(11)20-17(22)12-4-3-5-14(9-12)23-2/h3-9H,10,18H2,1-2H3,(H,19,21)(H,20,22). The monoisotopic (exact) mass is 313 g/mol. The summed E-state index contributed by atoms with van der Waals surface area (Å²) < 4.78 is 5.11. The van der Waals surface area contributed by atoms with E-state index < -0.39 is 0 Å². The van der Waals surface area contributed by atoms with Gasteiger partial charge in [-0.3, -0.25) is 9.59 Å². The van der Waals surface area contributed by atoms with E-state index in [2.05, 4.69) is 10.6 Å². The fourth-order valence-corrected chi connectivity index (χ4v) is 2.05. The second-order valence-corrected chi connectivity index (χ2v) is 4.97. The second kappa shape index (κ2) is 7.42. The number of anilines is 2. The Kier molecular flexibility index (Phi) is 5.32. The summed E-state index contributed by atoms with van der Waals surface area (Å²) >= 11 is 0. The van der Waals surface area contributed by atoms with Crippen molar-refractivity contribution in [2.45, 2.75) is 6.92 Å². The van der Waals surface area contributed by atoms with Crippen molar-refractivity contribution in [2.75, 3.05) is 24.3 Å². The molecule has 2 amide bonds. The molecule has 0 bridgehead atoms. The van der Waals surface area contributed by atoms with E-state index >= 15 is 0 Å². The number of benzene rings is 2. The van der Waals surface area contributed by atoms with E-state index in [0.717, 1.165) is 5.56 Å². The van der Waals surface area contributed by atoms with E-state index in [0.29, 0.717) is 22.7 Å². The number of amides is 2. The molecule has 0 spiro atoms. The van der Waals surface area contributed by atoms with Crippen LogP contribution in [-0.2, 0) is 4.79 Å². The molecule has 0 aliphatic rings. The van der Waals surface area contributed by atoms with Crippen LogP contribution in [0.4, 0.5) is 11.4 Å². The first-order valence-corrected chi connectivity index (χ1v) is 7.09. The number of methoxy groups -OCH3 is 1. The van der Waals surface area contributed by atoms with E-state index in [1.54, 1.807) is 49.6 Å². The Morgan fingerprint density at radius 3 is 2.57 bits per heavy atom. The summed E-state index contributed by atoms with van der Waals surface area (Å²) in [7, 11) is 1.55. The molecule has 0 aliphatic heterocycles. The second-order valence-electron chi connectivity index (χ2n) is 4.97. The lowest BCUT2D eigenvalue weighted by molar-refractivity contribution is -0.114. The zero-order chi connectivity index (χ0) is 16.8. The van der Waals surface area contributed by atoms with E-state index in [1.807, 2.05) is 6.92 Å². The Hall–Kier alpha value is -2.86. The minimum Gasteiger partial charge on any atom is -0.497 e. The lowest BCUT2D eigenvalue weighted by Gasteiger charge is -2.11. The summed E-state index contributed by atoms with van der Waals surface area (Å²) in [5.41, 5.74) is 7.90. The van der Waals surface area contributed by atoms with Crippen LogP contribution in [0.2, 0.25) is 0 Å². The molecule has 0 atom stereocenters. The number of ether oxygens (including phenoxy) is 1. The minimum absolute atomic E-state index is 0.0760. The smallest absolute Gasteiger partial charge is 0.255 e. The van der Waals surface area contributed by atoms with Crippen LogP contribution in [0, 0.1) is 6.92 Å². The number of carbonyl (C=O) groups is 2. The fourth-order valence-electron chi connectivity index (χ4n) is 2.05. The molecule has 23 heavy (non-hydrogen) atoms. The SMILES string of the molecule is COc1cccc(C(=O)Nc2ccc(NC(=O)CN)cc2C)c1. The van der Waals surface area contributed by atoms with Crippen LogP contribution < -0.4 is 21.1 Å². The highest BCUT2D eigenvalue weighted by atomic mass is 16.5. The van der Waals surface area contributed by atoms with Gasteiger partial charge in [0.1, 0.15) is 5.75 Å². The Balaban J connectivity index is 2.13. The predicted molar refractivity (Wildman–Crippen MR) is 89.8 cm³/mol. The molecule has 0 heterocycles. The molecular weight excluding hydrogens is 294 g/mol. The Morgan fingerprint density at radius 1 is 1.13 bits per heavy atom. The highest BCUT2D eigenvalue weighted by Gasteiger charge is 2.09. The van der Waals surface area contributed by atoms with Crippen molar-refractivity contribution in [2.24, 2.45) is 5.73 Å². The molecule has 2 aromatic rings. The van der Waals surface area contributed by atoms with Crippen LogP contribution in [0.1, 0.15) is 15.9 Å². The van der Waals surface area contributed by atoms with Gasteiger partial charge in [-0.05, 0) is 48.9 Å². The van der Waals surface area contributed by atoms with Crippen molar-refractivity contribution in [3.8, 4) is 5.75 Å². The van der Waals surface area contributed by atoms with Crippen molar-refractivity contribution in [1.82, 2.24) is 0 Å². The molecule has 0 aromatic heterocycles. The van der Waals surface area contributed by atoms with E-state index in [4.69, 9.17) is 10.5 Å². The molecule has 0 unspecified atom stereocenters. The number of aryl methyl sites for hydroxylation is 1. The normalized spacial score (nSPS) is 10.0. The molecule has 4 N–H and O–H groups in total. The third kappa shape index (κ3) is 4.31. The first-order chi connectivity index (χ1) is 11.0. The van der Waals surface area contributed by atoms with Gasteiger partial charge < -0.3 is 21.1 Å². The first-order valence-electron chi connectivity index (χ1n) is 7.09. The van der Waals surface area contributed by atoms with Gasteiger partial charge in [0.05, 0.1) is 13.7 Å². The van der Waals surface area contributed by atoms with Gasteiger partial charge in [0.15, 0.2) is 0 Å². The molecule has 0 radical (unpaired) electrons. The summed E-state index contributed by atoms with van der Waals surface area (Å²) in [6.45, 7) is 1.77. The molecule has 0 saturated heterocycles. The van der Waals surface area contributed by atoms with Crippen LogP contribution >= 0.6 is 0 Å². The van der Waals surface area contributed by atoms with Crippen LogP contribution in [0.3, 0.4) is 0 Å². The lowest BCUT2D eigenvalue weighted by atomic mass is 10.1. The van der Waals surface area contributed by atoms with Gasteiger partial charge in [-0.25, -0.2) is 0 Å². The van der Waals surface area contributed by atoms with E-state index in [-0.39, 0.29) is 18.4 Å². The minimum atomic E-state index is -0.266. The molecule has 0 fully saturated rings. The van der Waals surface area contributed by atoms with Crippen molar-refractivity contribution in [3.05, 3.63) is 53.6 Å².